The lowest BCUT2D eigenvalue weighted by Crippen LogP contribution is -2.09. The Balaban J connectivity index is 2.01. The first-order valence-corrected chi connectivity index (χ1v) is 8.49. The molecule has 9 heteroatoms. The molecule has 0 unspecified atom stereocenters. The Morgan fingerprint density at radius 3 is 2.57 bits per heavy atom. The first kappa shape index (κ1) is 14.4. The van der Waals surface area contributed by atoms with Crippen LogP contribution in [0.2, 0.25) is 0 Å². The number of benzene rings is 1. The minimum Gasteiger partial charge on any atom is -0.297 e. The van der Waals surface area contributed by atoms with E-state index in [1.807, 2.05) is 0 Å². The van der Waals surface area contributed by atoms with Gasteiger partial charge in [-0.15, -0.1) is 10.2 Å². The average molecular weight is 334 g/mol. The van der Waals surface area contributed by atoms with Gasteiger partial charge >= 0.3 is 0 Å². The molecule has 1 heterocycles. The van der Waals surface area contributed by atoms with Gasteiger partial charge in [0.1, 0.15) is 17.5 Å². The zero-order valence-corrected chi connectivity index (χ0v) is 12.2. The van der Waals surface area contributed by atoms with Crippen molar-refractivity contribution in [3.63, 3.8) is 0 Å². The number of hydrogen-bond acceptors (Lipinski definition) is 4. The lowest BCUT2D eigenvalue weighted by atomic mass is 10.1. The maximum absolute atomic E-state index is 13.7. The van der Waals surface area contributed by atoms with Gasteiger partial charge in [0.05, 0.1) is 0 Å². The number of hydrogen-bond donors (Lipinski definition) is 0. The molecule has 0 N–H and O–H groups in total. The van der Waals surface area contributed by atoms with Crippen LogP contribution in [0, 0.1) is 11.6 Å². The molecule has 2 aromatic rings. The fourth-order valence-electron chi connectivity index (χ4n) is 2.13. The summed E-state index contributed by atoms with van der Waals surface area (Å²) in [6.07, 6.45) is 1.59. The summed E-state index contributed by atoms with van der Waals surface area (Å²) in [6, 6.07) is 3.16. The first-order chi connectivity index (χ1) is 9.86. The van der Waals surface area contributed by atoms with E-state index < -0.39 is 20.7 Å². The first-order valence-electron chi connectivity index (χ1n) is 6.18. The second-order valence-corrected chi connectivity index (χ2v) is 7.31. The van der Waals surface area contributed by atoms with Crippen LogP contribution in [0.3, 0.4) is 0 Å². The van der Waals surface area contributed by atoms with Gasteiger partial charge < -0.3 is 0 Å². The van der Waals surface area contributed by atoms with Gasteiger partial charge in [-0.1, -0.05) is 6.07 Å². The van der Waals surface area contributed by atoms with Crippen molar-refractivity contribution in [1.29, 1.82) is 0 Å². The van der Waals surface area contributed by atoms with Crippen molar-refractivity contribution in [3.05, 3.63) is 41.2 Å². The van der Waals surface area contributed by atoms with Crippen LogP contribution in [0.1, 0.15) is 30.3 Å². The summed E-state index contributed by atoms with van der Waals surface area (Å²) >= 11 is 0. The van der Waals surface area contributed by atoms with Crippen LogP contribution < -0.4 is 0 Å². The van der Waals surface area contributed by atoms with Crippen LogP contribution in [0.5, 0.6) is 0 Å². The summed E-state index contributed by atoms with van der Waals surface area (Å²) in [7, 11) is 1.31. The standard InChI is InChI=1S/C12H10ClF2N3O2S/c13-21(19,20)12-17-16-11(18(12)9-3-4-9)5-7-1-2-8(14)6-10(7)15/h1-2,6,9H,3-5H2. The van der Waals surface area contributed by atoms with E-state index in [1.54, 1.807) is 0 Å². The number of halogens is 3. The van der Waals surface area contributed by atoms with E-state index in [1.165, 1.54) is 10.6 Å². The van der Waals surface area contributed by atoms with Gasteiger partial charge in [0.15, 0.2) is 0 Å². The molecule has 1 aromatic carbocycles. The summed E-state index contributed by atoms with van der Waals surface area (Å²) < 4.78 is 51.0. The third-order valence-electron chi connectivity index (χ3n) is 3.23. The van der Waals surface area contributed by atoms with E-state index in [0.717, 1.165) is 25.0 Å². The smallest absolute Gasteiger partial charge is 0.296 e. The minimum absolute atomic E-state index is 0.0159. The average Bonchev–Trinajstić information content (AvgIpc) is 3.12. The molecule has 0 radical (unpaired) electrons. The maximum Gasteiger partial charge on any atom is 0.296 e. The lowest BCUT2D eigenvalue weighted by Gasteiger charge is -2.08. The van der Waals surface area contributed by atoms with Gasteiger partial charge in [0, 0.05) is 29.2 Å². The van der Waals surface area contributed by atoms with Crippen molar-refractivity contribution in [2.45, 2.75) is 30.5 Å². The summed E-state index contributed by atoms with van der Waals surface area (Å²) in [4.78, 5) is 0. The second-order valence-electron chi connectivity index (χ2n) is 4.85. The molecule has 1 fully saturated rings. The highest BCUT2D eigenvalue weighted by atomic mass is 35.7. The molecule has 0 spiro atoms. The largest absolute Gasteiger partial charge is 0.297 e. The highest BCUT2D eigenvalue weighted by Crippen LogP contribution is 2.38. The fraction of sp³-hybridized carbons (Fsp3) is 0.333. The molecule has 1 aliphatic rings. The third kappa shape index (κ3) is 2.91. The lowest BCUT2D eigenvalue weighted by molar-refractivity contribution is 0.562. The van der Waals surface area contributed by atoms with E-state index >= 15 is 0 Å². The quantitative estimate of drug-likeness (QED) is 0.806. The topological polar surface area (TPSA) is 64.8 Å². The van der Waals surface area contributed by atoms with E-state index in [0.29, 0.717) is 5.82 Å². The monoisotopic (exact) mass is 333 g/mol. The van der Waals surface area contributed by atoms with Crippen LogP contribution in [0.15, 0.2) is 23.4 Å². The van der Waals surface area contributed by atoms with Crippen molar-refractivity contribution in [1.82, 2.24) is 14.8 Å². The van der Waals surface area contributed by atoms with Gasteiger partial charge in [-0.2, -0.15) is 0 Å². The molecule has 1 saturated carbocycles. The Morgan fingerprint density at radius 2 is 2.00 bits per heavy atom. The zero-order valence-electron chi connectivity index (χ0n) is 10.6. The highest BCUT2D eigenvalue weighted by molar-refractivity contribution is 8.13. The van der Waals surface area contributed by atoms with Crippen LogP contribution in [0.4, 0.5) is 8.78 Å². The molecule has 1 aromatic heterocycles. The zero-order chi connectivity index (χ0) is 15.2. The van der Waals surface area contributed by atoms with Crippen molar-refractivity contribution in [3.8, 4) is 0 Å². The van der Waals surface area contributed by atoms with Crippen LogP contribution in [-0.2, 0) is 15.5 Å². The summed E-state index contributed by atoms with van der Waals surface area (Å²) in [5.41, 5.74) is 0.212. The van der Waals surface area contributed by atoms with Crippen molar-refractivity contribution >= 4 is 19.7 Å². The molecule has 0 atom stereocenters. The van der Waals surface area contributed by atoms with Crippen molar-refractivity contribution in [2.24, 2.45) is 0 Å². The van der Waals surface area contributed by atoms with Gasteiger partial charge in [-0.25, -0.2) is 17.2 Å². The highest BCUT2D eigenvalue weighted by Gasteiger charge is 2.33. The third-order valence-corrected chi connectivity index (χ3v) is 4.36. The molecule has 5 nitrogen and oxygen atoms in total. The molecule has 0 amide bonds. The van der Waals surface area contributed by atoms with Crippen molar-refractivity contribution < 1.29 is 17.2 Å². The molecule has 112 valence electrons. The Kier molecular flexibility index (Phi) is 3.45. The molecule has 3 rings (SSSR count). The van der Waals surface area contributed by atoms with Gasteiger partial charge in [-0.05, 0) is 24.5 Å². The van der Waals surface area contributed by atoms with Crippen molar-refractivity contribution in [2.75, 3.05) is 0 Å². The Bertz CT molecular complexity index is 803. The summed E-state index contributed by atoms with van der Waals surface area (Å²) in [5, 5.41) is 7.05. The Labute approximate surface area is 124 Å². The van der Waals surface area contributed by atoms with E-state index in [2.05, 4.69) is 10.2 Å². The van der Waals surface area contributed by atoms with Gasteiger partial charge in [-0.3, -0.25) is 4.57 Å². The molecule has 0 aliphatic heterocycles. The second kappa shape index (κ2) is 5.03. The number of nitrogens with zero attached hydrogens (tertiary/aromatic N) is 3. The SMILES string of the molecule is O=S(=O)(Cl)c1nnc(Cc2ccc(F)cc2F)n1C1CC1. The molecule has 0 saturated heterocycles. The maximum atomic E-state index is 13.7. The van der Waals surface area contributed by atoms with Gasteiger partial charge in [0.2, 0.25) is 0 Å². The predicted octanol–water partition coefficient (Wildman–Crippen LogP) is 2.41. The van der Waals surface area contributed by atoms with Gasteiger partial charge in [0.25, 0.3) is 14.2 Å². The van der Waals surface area contributed by atoms with Crippen LogP contribution >= 0.6 is 10.7 Å². The van der Waals surface area contributed by atoms with Crippen LogP contribution in [-0.4, -0.2) is 23.2 Å². The molecule has 21 heavy (non-hydrogen) atoms. The Hall–Kier alpha value is -1.54. The molecule has 0 bridgehead atoms. The van der Waals surface area contributed by atoms with Crippen LogP contribution in [0.25, 0.3) is 0 Å². The molecule has 1 aliphatic carbocycles. The molecular formula is C12H10ClF2N3O2S. The normalized spacial score (nSPS) is 15.4. The van der Waals surface area contributed by atoms with E-state index in [9.17, 15) is 17.2 Å². The number of aromatic nitrogens is 3. The number of rotatable bonds is 4. The fourth-order valence-corrected chi connectivity index (χ4v) is 3.07. The Morgan fingerprint density at radius 1 is 1.29 bits per heavy atom. The summed E-state index contributed by atoms with van der Waals surface area (Å²) in [6.45, 7) is 0. The minimum atomic E-state index is -4.02. The predicted molar refractivity (Wildman–Crippen MR) is 70.5 cm³/mol. The summed E-state index contributed by atoms with van der Waals surface area (Å²) in [5.74, 6) is -1.10. The van der Waals surface area contributed by atoms with E-state index in [-0.39, 0.29) is 23.2 Å². The van der Waals surface area contributed by atoms with E-state index in [4.69, 9.17) is 10.7 Å². The molecular weight excluding hydrogens is 324 g/mol.